The van der Waals surface area contributed by atoms with Crippen molar-refractivity contribution < 1.29 is 64.0 Å². The zero-order valence-corrected chi connectivity index (χ0v) is 33.5. The van der Waals surface area contributed by atoms with Gasteiger partial charge in [-0.05, 0) is 78.8 Å². The molecule has 0 spiro atoms. The second kappa shape index (κ2) is 18.9. The first-order valence-electron chi connectivity index (χ1n) is 19.7. The number of fused-ring (bicyclic) bond motifs is 2. The fourth-order valence-corrected chi connectivity index (χ4v) is 7.76. The Labute approximate surface area is 350 Å². The molecule has 1 heterocycles. The van der Waals surface area contributed by atoms with E-state index in [9.17, 15) is 49.8 Å². The second-order valence-corrected chi connectivity index (χ2v) is 15.1. The van der Waals surface area contributed by atoms with Crippen molar-refractivity contribution in [3.05, 3.63) is 121 Å². The zero-order chi connectivity index (χ0) is 44.3. The summed E-state index contributed by atoms with van der Waals surface area (Å²) in [6.45, 7) is 2.23. The van der Waals surface area contributed by atoms with Crippen LogP contribution in [0.1, 0.15) is 114 Å². The highest BCUT2D eigenvalue weighted by Gasteiger charge is 2.45. The Hall–Kier alpha value is -5.66. The quantitative estimate of drug-likeness (QED) is 0.0239. The molecule has 6 atom stereocenters. The summed E-state index contributed by atoms with van der Waals surface area (Å²) in [6, 6.07) is 14.3. The molecule has 0 aromatic heterocycles. The molecule has 0 amide bonds. The largest absolute Gasteiger partial charge is 0.507 e. The summed E-state index contributed by atoms with van der Waals surface area (Å²) >= 11 is 0. The number of carbonyl (C=O) groups is 4. The molecule has 1 saturated heterocycles. The number of benzene rings is 4. The van der Waals surface area contributed by atoms with Gasteiger partial charge in [-0.15, -0.1) is 0 Å². The lowest BCUT2D eigenvalue weighted by Crippen LogP contribution is -2.58. The van der Waals surface area contributed by atoms with Gasteiger partial charge in [0, 0.05) is 46.7 Å². The lowest BCUT2D eigenvalue weighted by molar-refractivity contribution is -0.268. The van der Waals surface area contributed by atoms with Crippen LogP contribution in [0.5, 0.6) is 17.2 Å². The second-order valence-electron chi connectivity index (χ2n) is 15.1. The number of phenols is 1. The van der Waals surface area contributed by atoms with E-state index in [0.29, 0.717) is 37.7 Å². The van der Waals surface area contributed by atoms with Crippen molar-refractivity contribution in [1.29, 1.82) is 0 Å². The number of rotatable bonds is 15. The molecule has 1 fully saturated rings. The molecule has 0 unspecified atom stereocenters. The maximum atomic E-state index is 14.9. The topological polar surface area (TPSA) is 295 Å². The molecule has 16 nitrogen and oxygen atoms in total. The number of nitrogens with two attached hydrogens (primary N) is 3. The van der Waals surface area contributed by atoms with Crippen LogP contribution in [-0.4, -0.2) is 97.8 Å². The van der Waals surface area contributed by atoms with Crippen LogP contribution in [0.25, 0.3) is 12.2 Å². The first-order valence-corrected chi connectivity index (χ1v) is 19.7. The summed E-state index contributed by atoms with van der Waals surface area (Å²) in [7, 11) is 0. The van der Waals surface area contributed by atoms with Gasteiger partial charge < -0.3 is 62.1 Å². The van der Waals surface area contributed by atoms with Gasteiger partial charge in [0.15, 0.2) is 17.9 Å². The summed E-state index contributed by atoms with van der Waals surface area (Å²) < 4.78 is 17.3. The highest BCUT2D eigenvalue weighted by atomic mass is 16.7. The molecule has 1 aliphatic heterocycles. The van der Waals surface area contributed by atoms with Gasteiger partial charge in [-0.2, -0.15) is 0 Å². The van der Waals surface area contributed by atoms with Crippen LogP contribution in [0.3, 0.4) is 0 Å². The van der Waals surface area contributed by atoms with Crippen LogP contribution >= 0.6 is 0 Å². The van der Waals surface area contributed by atoms with E-state index in [1.54, 1.807) is 36.4 Å². The Morgan fingerprint density at radius 1 is 0.902 bits per heavy atom. The lowest BCUT2D eigenvalue weighted by Gasteiger charge is -2.39. The number of ketones is 2. The Balaban J connectivity index is 1.54. The van der Waals surface area contributed by atoms with Crippen molar-refractivity contribution in [2.45, 2.75) is 89.1 Å². The number of carbonyl (C=O) groups excluding carboxylic acids is 4. The molecule has 4 aromatic rings. The smallest absolute Gasteiger partial charge is 0.308 e. The molecule has 322 valence electrons. The number of aromatic hydroxyl groups is 1. The number of esters is 1. The molecule has 1 aliphatic carbocycles. The van der Waals surface area contributed by atoms with Gasteiger partial charge in [-0.3, -0.25) is 19.2 Å². The molecular weight excluding hydrogens is 791 g/mol. The van der Waals surface area contributed by atoms with Gasteiger partial charge in [0.1, 0.15) is 35.6 Å². The maximum absolute atomic E-state index is 14.9. The standard InChI is InChI=1S/C45H49N3O13/c1-21-38(53)42(57)43(58)45(59-21)61-34-18-31-37(39(54)30(34)16-25-8-4-10-28(44(47)48)32(25)20-50)41(56)35-26(19-49)17-33(60-22(2)51)29(36(35)40(31)55)12-11-23-6-3-7-24(14-23)15-27(52)9-5-13-46/h3-4,6-8,10-12,14,17-18,20-21,27,38,42-45,49,52-54,57-58H,5,9,13,15-16,19,46-48H2,1-2H3/b12-11+/t21-,27+,38+,42+,43+,45+/m0/s1. The molecule has 12 N–H and O–H groups in total. The monoisotopic (exact) mass is 839 g/mol. The fourth-order valence-electron chi connectivity index (χ4n) is 7.76. The van der Waals surface area contributed by atoms with Gasteiger partial charge >= 0.3 is 5.97 Å². The van der Waals surface area contributed by atoms with Crippen molar-refractivity contribution in [2.75, 3.05) is 6.54 Å². The number of hydrogen-bond donors (Lipinski definition) is 9. The molecule has 16 heteroatoms. The van der Waals surface area contributed by atoms with Gasteiger partial charge in [0.2, 0.25) is 6.29 Å². The van der Waals surface area contributed by atoms with Crippen molar-refractivity contribution >= 4 is 36.0 Å². The Kier molecular flexibility index (Phi) is 13.9. The third kappa shape index (κ3) is 9.18. The molecule has 0 saturated carbocycles. The number of aliphatic hydroxyl groups excluding tert-OH is 5. The third-order valence-corrected chi connectivity index (χ3v) is 10.9. The van der Waals surface area contributed by atoms with Crippen molar-refractivity contribution in [2.24, 2.45) is 17.2 Å². The van der Waals surface area contributed by atoms with E-state index in [1.165, 1.54) is 19.1 Å². The molecule has 0 bridgehead atoms. The van der Waals surface area contributed by atoms with Gasteiger partial charge in [0.05, 0.1) is 30.5 Å². The summed E-state index contributed by atoms with van der Waals surface area (Å²) in [5.41, 5.74) is 17.9. The first kappa shape index (κ1) is 44.9. The van der Waals surface area contributed by atoms with E-state index in [0.717, 1.165) is 18.6 Å². The molecule has 2 aliphatic rings. The minimum Gasteiger partial charge on any atom is -0.507 e. The Bertz CT molecular complexity index is 2380. The van der Waals surface area contributed by atoms with E-state index in [2.05, 4.69) is 0 Å². The van der Waals surface area contributed by atoms with Crippen molar-refractivity contribution in [1.82, 2.24) is 0 Å². The normalized spacial score (nSPS) is 20.4. The maximum Gasteiger partial charge on any atom is 0.308 e. The van der Waals surface area contributed by atoms with E-state index in [-0.39, 0.29) is 68.0 Å². The molecule has 0 radical (unpaired) electrons. The van der Waals surface area contributed by atoms with Crippen LogP contribution in [0.4, 0.5) is 0 Å². The zero-order valence-electron chi connectivity index (χ0n) is 33.5. The van der Waals surface area contributed by atoms with E-state index < -0.39 is 78.4 Å². The van der Waals surface area contributed by atoms with Gasteiger partial charge in [-0.1, -0.05) is 48.5 Å². The lowest BCUT2D eigenvalue weighted by atomic mass is 9.77. The average Bonchev–Trinajstić information content (AvgIpc) is 3.23. The van der Waals surface area contributed by atoms with Crippen LogP contribution in [0.15, 0.2) is 54.6 Å². The number of aliphatic hydroxyl groups is 5. The minimum absolute atomic E-state index is 0.00616. The van der Waals surface area contributed by atoms with Crippen LogP contribution in [-0.2, 0) is 29.0 Å². The summed E-state index contributed by atoms with van der Waals surface area (Å²) in [4.78, 5) is 54.4. The molecule has 61 heavy (non-hydrogen) atoms. The highest BCUT2D eigenvalue weighted by Crippen LogP contribution is 2.45. The predicted molar refractivity (Wildman–Crippen MR) is 221 cm³/mol. The highest BCUT2D eigenvalue weighted by molar-refractivity contribution is 6.31. The summed E-state index contributed by atoms with van der Waals surface area (Å²) in [6.07, 6.45) is -4.65. The average molecular weight is 840 g/mol. The van der Waals surface area contributed by atoms with Gasteiger partial charge in [0.25, 0.3) is 0 Å². The first-order chi connectivity index (χ1) is 29.1. The van der Waals surface area contributed by atoms with Crippen LogP contribution in [0.2, 0.25) is 0 Å². The van der Waals surface area contributed by atoms with Crippen LogP contribution in [0, 0.1) is 0 Å². The van der Waals surface area contributed by atoms with Crippen molar-refractivity contribution in [3.8, 4) is 17.2 Å². The predicted octanol–water partition coefficient (Wildman–Crippen LogP) is 1.92. The number of ether oxygens (including phenoxy) is 3. The van der Waals surface area contributed by atoms with E-state index >= 15 is 0 Å². The number of hydrogen-bond acceptors (Lipinski definition) is 16. The molecule has 4 aromatic carbocycles. The molecule has 6 rings (SSSR count). The van der Waals surface area contributed by atoms with E-state index in [1.807, 2.05) is 12.1 Å². The SMILES string of the molecule is CC(=O)Oc1cc(CO)c2c(c1/C=C/c1cccc(C[C@H](O)CCCN)c1)C(=O)c1cc(O[C@H]3O[C@@H](C)[C@@H](O)[C@@H](O)[C@H]3O)c(Cc3cccc(C(N)N)c3C=O)c(O)c1C2=O. The third-order valence-electron chi connectivity index (χ3n) is 10.9. The van der Waals surface area contributed by atoms with Crippen LogP contribution < -0.4 is 26.7 Å². The summed E-state index contributed by atoms with van der Waals surface area (Å²) in [5, 5.41) is 65.0. The number of phenolic OH excluding ortho intramolecular Hbond substituents is 1. The number of aldehydes is 1. The van der Waals surface area contributed by atoms with Crippen molar-refractivity contribution in [3.63, 3.8) is 0 Å². The summed E-state index contributed by atoms with van der Waals surface area (Å²) in [5.74, 6) is -3.70. The van der Waals surface area contributed by atoms with Gasteiger partial charge in [-0.25, -0.2) is 0 Å². The fraction of sp³-hybridized carbons (Fsp3) is 0.333. The minimum atomic E-state index is -1.83. The van der Waals surface area contributed by atoms with E-state index in [4.69, 9.17) is 31.4 Å². The Morgan fingerprint density at radius 3 is 2.31 bits per heavy atom. The Morgan fingerprint density at radius 2 is 1.64 bits per heavy atom. The molecular formula is C45H49N3O13.